The fourth-order valence-corrected chi connectivity index (χ4v) is 3.11. The first kappa shape index (κ1) is 19.1. The van der Waals surface area contributed by atoms with Crippen molar-refractivity contribution in [2.75, 3.05) is 19.7 Å². The number of para-hydroxylation sites is 1. The highest BCUT2D eigenvalue weighted by atomic mass is 16.5. The average molecular weight is 370 g/mol. The molecule has 0 spiro atoms. The molecule has 1 unspecified atom stereocenters. The van der Waals surface area contributed by atoms with E-state index in [1.54, 1.807) is 4.90 Å². The summed E-state index contributed by atoms with van der Waals surface area (Å²) in [6.45, 7) is 6.19. The second-order valence-electron chi connectivity index (χ2n) is 7.24. The Morgan fingerprint density at radius 1 is 1.30 bits per heavy atom. The molecule has 144 valence electrons. The maximum atomic E-state index is 12.8. The predicted octanol–water partition coefficient (Wildman–Crippen LogP) is 2.25. The van der Waals surface area contributed by atoms with Gasteiger partial charge in [0.2, 0.25) is 0 Å². The van der Waals surface area contributed by atoms with Crippen LogP contribution in [0.3, 0.4) is 0 Å². The molecule has 0 bridgehead atoms. The molecule has 27 heavy (non-hydrogen) atoms. The van der Waals surface area contributed by atoms with Gasteiger partial charge >= 0.3 is 0 Å². The largest absolute Gasteiger partial charge is 0.376 e. The van der Waals surface area contributed by atoms with Crippen molar-refractivity contribution in [2.24, 2.45) is 11.7 Å². The van der Waals surface area contributed by atoms with Crippen LogP contribution in [0.2, 0.25) is 0 Å². The minimum atomic E-state index is -0.623. The highest BCUT2D eigenvalue weighted by molar-refractivity contribution is 5.97. The van der Waals surface area contributed by atoms with E-state index in [-0.39, 0.29) is 23.4 Å². The van der Waals surface area contributed by atoms with Crippen LogP contribution < -0.4 is 5.73 Å². The molecule has 0 radical (unpaired) electrons. The number of hydrogen-bond donors (Lipinski definition) is 1. The summed E-state index contributed by atoms with van der Waals surface area (Å²) in [6, 6.07) is 10.6. The molecule has 7 nitrogen and oxygen atoms in total. The first-order valence-corrected chi connectivity index (χ1v) is 9.32. The molecular formula is C20H26N4O3. The Bertz CT molecular complexity index is 801. The van der Waals surface area contributed by atoms with Gasteiger partial charge in [-0.15, -0.1) is 0 Å². The van der Waals surface area contributed by atoms with Gasteiger partial charge in [0.05, 0.1) is 11.8 Å². The number of primary amides is 1. The number of ether oxygens (including phenoxy) is 1. The van der Waals surface area contributed by atoms with Gasteiger partial charge in [0.1, 0.15) is 5.69 Å². The zero-order valence-corrected chi connectivity index (χ0v) is 15.8. The Hall–Kier alpha value is -2.67. The lowest BCUT2D eigenvalue weighted by atomic mass is 10.1. The molecule has 2 heterocycles. The van der Waals surface area contributed by atoms with E-state index < -0.39 is 5.91 Å². The zero-order valence-electron chi connectivity index (χ0n) is 15.8. The van der Waals surface area contributed by atoms with Crippen LogP contribution >= 0.6 is 0 Å². The van der Waals surface area contributed by atoms with Crippen LogP contribution in [-0.2, 0) is 4.74 Å². The minimum absolute atomic E-state index is 0.0551. The summed E-state index contributed by atoms with van der Waals surface area (Å²) in [4.78, 5) is 26.4. The van der Waals surface area contributed by atoms with Crippen LogP contribution in [0.5, 0.6) is 0 Å². The molecule has 1 aliphatic heterocycles. The van der Waals surface area contributed by atoms with Gasteiger partial charge in [0, 0.05) is 25.8 Å². The lowest BCUT2D eigenvalue weighted by Gasteiger charge is -2.16. The molecule has 1 aromatic heterocycles. The number of amides is 2. The third-order valence-electron chi connectivity index (χ3n) is 4.66. The van der Waals surface area contributed by atoms with Crippen LogP contribution in [0, 0.1) is 5.92 Å². The SMILES string of the molecule is CC(C)CCOC1CCN(C(=O)c2cc(C(N)=O)n(-c3ccccc3)n2)C1. The van der Waals surface area contributed by atoms with Crippen molar-refractivity contribution in [1.29, 1.82) is 0 Å². The smallest absolute Gasteiger partial charge is 0.274 e. The normalized spacial score (nSPS) is 16.9. The van der Waals surface area contributed by atoms with Gasteiger partial charge in [0.15, 0.2) is 5.69 Å². The number of nitrogens with two attached hydrogens (primary N) is 1. The fourth-order valence-electron chi connectivity index (χ4n) is 3.11. The molecular weight excluding hydrogens is 344 g/mol. The van der Waals surface area contributed by atoms with Gasteiger partial charge in [-0.2, -0.15) is 5.10 Å². The summed E-state index contributed by atoms with van der Waals surface area (Å²) in [5.74, 6) is -0.234. The van der Waals surface area contributed by atoms with Gasteiger partial charge in [0.25, 0.3) is 11.8 Å². The summed E-state index contributed by atoms with van der Waals surface area (Å²) >= 11 is 0. The fraction of sp³-hybridized carbons (Fsp3) is 0.450. The Kier molecular flexibility index (Phi) is 5.91. The third kappa shape index (κ3) is 4.54. The van der Waals surface area contributed by atoms with E-state index in [0.29, 0.717) is 31.3 Å². The summed E-state index contributed by atoms with van der Waals surface area (Å²) in [5.41, 5.74) is 6.56. The molecule has 3 rings (SSSR count). The molecule has 0 saturated carbocycles. The second kappa shape index (κ2) is 8.35. The summed E-state index contributed by atoms with van der Waals surface area (Å²) in [5, 5.41) is 4.34. The van der Waals surface area contributed by atoms with Gasteiger partial charge in [-0.05, 0) is 30.9 Å². The molecule has 1 aliphatic rings. The highest BCUT2D eigenvalue weighted by Gasteiger charge is 2.30. The summed E-state index contributed by atoms with van der Waals surface area (Å²) < 4.78 is 7.29. The van der Waals surface area contributed by atoms with E-state index in [0.717, 1.165) is 12.8 Å². The van der Waals surface area contributed by atoms with E-state index in [9.17, 15) is 9.59 Å². The summed E-state index contributed by atoms with van der Waals surface area (Å²) in [7, 11) is 0. The van der Waals surface area contributed by atoms with Gasteiger partial charge in [-0.25, -0.2) is 4.68 Å². The van der Waals surface area contributed by atoms with Crippen LogP contribution in [0.25, 0.3) is 5.69 Å². The first-order chi connectivity index (χ1) is 13.0. The van der Waals surface area contributed by atoms with Crippen molar-refractivity contribution < 1.29 is 14.3 Å². The lowest BCUT2D eigenvalue weighted by molar-refractivity contribution is 0.0482. The Balaban J connectivity index is 1.71. The monoisotopic (exact) mass is 370 g/mol. The Labute approximate surface area is 159 Å². The molecule has 1 saturated heterocycles. The van der Waals surface area contributed by atoms with Gasteiger partial charge < -0.3 is 15.4 Å². The standard InChI is InChI=1S/C20H26N4O3/c1-14(2)9-11-27-16-8-10-23(13-16)20(26)17-12-18(19(21)25)24(22-17)15-6-4-3-5-7-15/h3-7,12,14,16H,8-11,13H2,1-2H3,(H2,21,25). The average Bonchev–Trinajstić information content (AvgIpc) is 3.29. The van der Waals surface area contributed by atoms with Crippen molar-refractivity contribution in [1.82, 2.24) is 14.7 Å². The van der Waals surface area contributed by atoms with Crippen molar-refractivity contribution in [3.05, 3.63) is 47.8 Å². The molecule has 2 amide bonds. The highest BCUT2D eigenvalue weighted by Crippen LogP contribution is 2.19. The van der Waals surface area contributed by atoms with Crippen molar-refractivity contribution in [3.8, 4) is 5.69 Å². The summed E-state index contributed by atoms with van der Waals surface area (Å²) in [6.07, 6.45) is 1.87. The first-order valence-electron chi connectivity index (χ1n) is 9.32. The Morgan fingerprint density at radius 2 is 2.04 bits per heavy atom. The van der Waals surface area contributed by atoms with Crippen LogP contribution in [-0.4, -0.2) is 52.3 Å². The number of hydrogen-bond acceptors (Lipinski definition) is 4. The maximum Gasteiger partial charge on any atom is 0.274 e. The van der Waals surface area contributed by atoms with Gasteiger partial charge in [-0.3, -0.25) is 9.59 Å². The molecule has 2 aromatic rings. The van der Waals surface area contributed by atoms with E-state index >= 15 is 0 Å². The number of nitrogens with zero attached hydrogens (tertiary/aromatic N) is 3. The maximum absolute atomic E-state index is 12.8. The molecule has 1 aromatic carbocycles. The number of aromatic nitrogens is 2. The van der Waals surface area contributed by atoms with Crippen LogP contribution in [0.1, 0.15) is 47.7 Å². The number of carbonyl (C=O) groups is 2. The zero-order chi connectivity index (χ0) is 19.4. The van der Waals surface area contributed by atoms with Crippen LogP contribution in [0.4, 0.5) is 0 Å². The minimum Gasteiger partial charge on any atom is -0.376 e. The number of carbonyl (C=O) groups excluding carboxylic acids is 2. The number of benzene rings is 1. The molecule has 1 fully saturated rings. The van der Waals surface area contributed by atoms with Crippen LogP contribution in [0.15, 0.2) is 36.4 Å². The van der Waals surface area contributed by atoms with Crippen molar-refractivity contribution in [3.63, 3.8) is 0 Å². The van der Waals surface area contributed by atoms with Gasteiger partial charge in [-0.1, -0.05) is 32.0 Å². The number of likely N-dealkylation sites (tertiary alicyclic amines) is 1. The second-order valence-corrected chi connectivity index (χ2v) is 7.24. The van der Waals surface area contributed by atoms with E-state index in [1.165, 1.54) is 10.7 Å². The van der Waals surface area contributed by atoms with E-state index in [4.69, 9.17) is 10.5 Å². The molecule has 2 N–H and O–H groups in total. The molecule has 7 heteroatoms. The Morgan fingerprint density at radius 3 is 2.70 bits per heavy atom. The van der Waals surface area contributed by atoms with Crippen molar-refractivity contribution >= 4 is 11.8 Å². The van der Waals surface area contributed by atoms with E-state index in [1.807, 2.05) is 30.3 Å². The predicted molar refractivity (Wildman–Crippen MR) is 102 cm³/mol. The number of rotatable bonds is 7. The lowest BCUT2D eigenvalue weighted by Crippen LogP contribution is -2.30. The van der Waals surface area contributed by atoms with E-state index in [2.05, 4.69) is 18.9 Å². The van der Waals surface area contributed by atoms with Crippen molar-refractivity contribution in [2.45, 2.75) is 32.8 Å². The molecule has 1 atom stereocenters. The quantitative estimate of drug-likeness (QED) is 0.809. The third-order valence-corrected chi connectivity index (χ3v) is 4.66. The topological polar surface area (TPSA) is 90.5 Å². The molecule has 0 aliphatic carbocycles.